The molecule has 0 aliphatic carbocycles. The topological polar surface area (TPSA) is 0 Å². The first-order chi connectivity index (χ1) is 11.4. The third kappa shape index (κ3) is 2.84. The molecule has 0 heterocycles. The maximum absolute atomic E-state index is 7.33. The van der Waals surface area contributed by atoms with Crippen molar-refractivity contribution < 1.29 is 0 Å². The van der Waals surface area contributed by atoms with Crippen LogP contribution in [0.2, 0.25) is 15.1 Å². The number of hydrogen-bond acceptors (Lipinski definition) is 0. The summed E-state index contributed by atoms with van der Waals surface area (Å²) in [5.41, 5.74) is 0. The second-order valence-corrected chi connectivity index (χ2v) is 14.3. The van der Waals surface area contributed by atoms with E-state index in [9.17, 15) is 0 Å². The predicted molar refractivity (Wildman–Crippen MR) is 112 cm³/mol. The standard InChI is InChI=1S/C18H12Cl5P/c19-13-7-1-4-10-16(13)24(22,23,17-11-5-2-8-14(17)20)18-12-6-3-9-15(18)21/h1-12H. The van der Waals surface area contributed by atoms with E-state index in [-0.39, 0.29) is 0 Å². The van der Waals surface area contributed by atoms with E-state index in [1.54, 1.807) is 18.2 Å². The Kier molecular flexibility index (Phi) is 5.11. The molecule has 0 N–H and O–H groups in total. The zero-order valence-corrected chi connectivity index (χ0v) is 16.9. The minimum atomic E-state index is -3.97. The Morgan fingerprint density at radius 2 is 0.708 bits per heavy atom. The summed E-state index contributed by atoms with van der Waals surface area (Å²) in [4.78, 5) is 0. The van der Waals surface area contributed by atoms with Gasteiger partial charge in [0.05, 0.1) is 0 Å². The molecule has 0 radical (unpaired) electrons. The molecule has 0 aromatic heterocycles. The molecule has 0 atom stereocenters. The normalized spacial score (nSPS) is 13.3. The fourth-order valence-corrected chi connectivity index (χ4v) is 11.2. The van der Waals surface area contributed by atoms with Crippen LogP contribution in [0.5, 0.6) is 0 Å². The van der Waals surface area contributed by atoms with Crippen LogP contribution < -0.4 is 15.9 Å². The van der Waals surface area contributed by atoms with Crippen LogP contribution in [0.25, 0.3) is 0 Å². The molecule has 124 valence electrons. The number of hydrogen-bond donors (Lipinski definition) is 0. The van der Waals surface area contributed by atoms with Gasteiger partial charge in [-0.05, 0) is 0 Å². The van der Waals surface area contributed by atoms with Crippen LogP contribution in [0.3, 0.4) is 0 Å². The first kappa shape index (κ1) is 18.3. The summed E-state index contributed by atoms with van der Waals surface area (Å²) in [6.07, 6.45) is 0. The van der Waals surface area contributed by atoms with Crippen LogP contribution in [0.15, 0.2) is 72.8 Å². The van der Waals surface area contributed by atoms with E-state index in [0.29, 0.717) is 31.0 Å². The van der Waals surface area contributed by atoms with E-state index in [1.165, 1.54) is 0 Å². The Balaban J connectivity index is 2.50. The summed E-state index contributed by atoms with van der Waals surface area (Å²) in [5.74, 6) is 0. The number of rotatable bonds is 3. The van der Waals surface area contributed by atoms with Crippen molar-refractivity contribution in [2.75, 3.05) is 0 Å². The SMILES string of the molecule is Clc1ccccc1P(Cl)(Cl)(c1ccccc1Cl)c1ccccc1Cl. The van der Waals surface area contributed by atoms with Gasteiger partial charge in [0, 0.05) is 0 Å². The van der Waals surface area contributed by atoms with Gasteiger partial charge in [0.15, 0.2) is 0 Å². The second kappa shape index (κ2) is 6.69. The summed E-state index contributed by atoms with van der Waals surface area (Å²) in [5, 5.41) is -0.692. The third-order valence-corrected chi connectivity index (χ3v) is 12.2. The van der Waals surface area contributed by atoms with Crippen molar-refractivity contribution in [3.63, 3.8) is 0 Å². The van der Waals surface area contributed by atoms with E-state index in [2.05, 4.69) is 0 Å². The molecule has 0 spiro atoms. The van der Waals surface area contributed by atoms with Gasteiger partial charge in [-0.2, -0.15) is 0 Å². The van der Waals surface area contributed by atoms with E-state index in [4.69, 9.17) is 57.3 Å². The molecule has 0 unspecified atom stereocenters. The van der Waals surface area contributed by atoms with Gasteiger partial charge in [-0.25, -0.2) is 0 Å². The Labute approximate surface area is 165 Å². The average Bonchev–Trinajstić information content (AvgIpc) is 2.56. The van der Waals surface area contributed by atoms with Crippen LogP contribution in [-0.4, -0.2) is 0 Å². The van der Waals surface area contributed by atoms with Gasteiger partial charge in [-0.15, -0.1) is 0 Å². The van der Waals surface area contributed by atoms with Gasteiger partial charge >= 0.3 is 166 Å². The number of benzene rings is 3. The zero-order chi connectivity index (χ0) is 17.4. The van der Waals surface area contributed by atoms with Gasteiger partial charge in [-0.3, -0.25) is 0 Å². The van der Waals surface area contributed by atoms with Crippen molar-refractivity contribution in [1.29, 1.82) is 0 Å². The molecule has 0 amide bonds. The Morgan fingerprint density at radius 3 is 0.958 bits per heavy atom. The second-order valence-electron chi connectivity index (χ2n) is 5.26. The minimum absolute atomic E-state index is 0.472. The molecule has 0 aliphatic rings. The molecule has 0 aliphatic heterocycles. The van der Waals surface area contributed by atoms with Crippen LogP contribution >= 0.6 is 62.6 Å². The molecule has 3 rings (SSSR count). The molecule has 24 heavy (non-hydrogen) atoms. The van der Waals surface area contributed by atoms with Gasteiger partial charge in [0.25, 0.3) is 0 Å². The van der Waals surface area contributed by atoms with Crippen molar-refractivity contribution in [2.45, 2.75) is 0 Å². The van der Waals surface area contributed by atoms with Crippen LogP contribution in [0.1, 0.15) is 0 Å². The number of halogens is 5. The Hall–Kier alpha value is -0.460. The van der Waals surface area contributed by atoms with Crippen molar-refractivity contribution in [1.82, 2.24) is 0 Å². The Bertz CT molecular complexity index is 789. The van der Waals surface area contributed by atoms with E-state index in [0.717, 1.165) is 0 Å². The molecule has 0 saturated heterocycles. The van der Waals surface area contributed by atoms with Crippen LogP contribution in [0.4, 0.5) is 0 Å². The van der Waals surface area contributed by atoms with E-state index >= 15 is 0 Å². The molecule has 0 bridgehead atoms. The van der Waals surface area contributed by atoms with Crippen LogP contribution in [-0.2, 0) is 0 Å². The van der Waals surface area contributed by atoms with Crippen LogP contribution in [0, 0.1) is 0 Å². The summed E-state index contributed by atoms with van der Waals surface area (Å²) >= 11 is 34.1. The van der Waals surface area contributed by atoms with Crippen molar-refractivity contribution in [3.8, 4) is 0 Å². The monoisotopic (exact) mass is 434 g/mol. The first-order valence-electron chi connectivity index (χ1n) is 7.06. The van der Waals surface area contributed by atoms with Gasteiger partial charge < -0.3 is 0 Å². The summed E-state index contributed by atoms with van der Waals surface area (Å²) in [6, 6.07) is 21.8. The third-order valence-electron chi connectivity index (χ3n) is 3.83. The maximum atomic E-state index is 7.33. The molecule has 0 nitrogen and oxygen atoms in total. The predicted octanol–water partition coefficient (Wildman–Crippen LogP) is 6.78. The molecular weight excluding hydrogens is 424 g/mol. The molecular formula is C18H12Cl5P. The summed E-state index contributed by atoms with van der Waals surface area (Å²) in [7, 11) is 0. The molecule has 0 saturated carbocycles. The van der Waals surface area contributed by atoms with Crippen molar-refractivity contribution in [2.24, 2.45) is 0 Å². The fraction of sp³-hybridized carbons (Fsp3) is 0. The van der Waals surface area contributed by atoms with Crippen molar-refractivity contribution >= 4 is 78.5 Å². The molecule has 3 aromatic carbocycles. The van der Waals surface area contributed by atoms with Gasteiger partial charge in [0.2, 0.25) is 0 Å². The zero-order valence-electron chi connectivity index (χ0n) is 12.3. The Morgan fingerprint density at radius 1 is 0.458 bits per heavy atom. The van der Waals surface area contributed by atoms with Gasteiger partial charge in [-0.1, -0.05) is 0 Å². The average molecular weight is 437 g/mol. The summed E-state index contributed by atoms with van der Waals surface area (Å²) in [6.45, 7) is 0. The van der Waals surface area contributed by atoms with Crippen molar-refractivity contribution in [3.05, 3.63) is 87.9 Å². The fourth-order valence-electron chi connectivity index (χ4n) is 2.70. The molecule has 3 aromatic rings. The molecule has 0 fully saturated rings. The van der Waals surface area contributed by atoms with E-state index in [1.807, 2.05) is 54.6 Å². The summed E-state index contributed by atoms with van der Waals surface area (Å²) < 4.78 is 0. The molecule has 6 heteroatoms. The quantitative estimate of drug-likeness (QED) is 0.397. The first-order valence-corrected chi connectivity index (χ1v) is 12.2. The van der Waals surface area contributed by atoms with Gasteiger partial charge in [0.1, 0.15) is 0 Å². The van der Waals surface area contributed by atoms with E-state index < -0.39 is 5.31 Å².